The third-order valence-corrected chi connectivity index (χ3v) is 2.49. The summed E-state index contributed by atoms with van der Waals surface area (Å²) in [5, 5.41) is 1.10. The molecule has 0 fully saturated rings. The minimum Gasteiger partial charge on any atom is -0.399 e. The summed E-state index contributed by atoms with van der Waals surface area (Å²) in [6.45, 7) is 0. The zero-order valence-corrected chi connectivity index (χ0v) is 8.00. The van der Waals surface area contributed by atoms with Crippen LogP contribution in [0, 0.1) is 0 Å². The lowest BCUT2D eigenvalue weighted by atomic mass is 10.2. The van der Waals surface area contributed by atoms with Gasteiger partial charge in [-0.3, -0.25) is 0 Å². The van der Waals surface area contributed by atoms with Crippen LogP contribution in [0.1, 0.15) is 0 Å². The van der Waals surface area contributed by atoms with Gasteiger partial charge in [0.15, 0.2) is 0 Å². The van der Waals surface area contributed by atoms with Crippen molar-refractivity contribution in [2.24, 2.45) is 0 Å². The van der Waals surface area contributed by atoms with Gasteiger partial charge in [-0.15, -0.1) is 0 Å². The van der Waals surface area contributed by atoms with Crippen LogP contribution >= 0.6 is 8.89 Å². The number of anilines is 1. The number of aromatic nitrogens is 1. The molecule has 2 nitrogen and oxygen atoms in total. The number of nitrogens with two attached hydrogens (primary N) is 1. The molecule has 0 saturated carbocycles. The normalized spacial score (nSPS) is 11.8. The van der Waals surface area contributed by atoms with Crippen molar-refractivity contribution in [3.63, 3.8) is 0 Å². The molecule has 0 radical (unpaired) electrons. The van der Waals surface area contributed by atoms with E-state index in [4.69, 9.17) is 5.73 Å². The van der Waals surface area contributed by atoms with Gasteiger partial charge in [-0.05, 0) is 23.6 Å². The summed E-state index contributed by atoms with van der Waals surface area (Å²) in [5.74, 6) is 0. The number of hydrogen-bond donors (Lipinski definition) is 1. The second-order valence-electron chi connectivity index (χ2n) is 2.90. The highest BCUT2D eigenvalue weighted by atomic mass is 31.1. The van der Waals surface area contributed by atoms with Crippen LogP contribution in [-0.4, -0.2) is 4.57 Å². The highest BCUT2D eigenvalue weighted by Gasteiger charge is 2.00. The molecule has 0 saturated heterocycles. The van der Waals surface area contributed by atoms with E-state index in [0.717, 1.165) is 16.6 Å². The van der Waals surface area contributed by atoms with Gasteiger partial charge in [0.1, 0.15) is 0 Å². The van der Waals surface area contributed by atoms with E-state index in [9.17, 15) is 4.20 Å². The van der Waals surface area contributed by atoms with E-state index in [1.54, 1.807) is 0 Å². The molecule has 0 bridgehead atoms. The van der Waals surface area contributed by atoms with Crippen LogP contribution in [0.2, 0.25) is 0 Å². The Morgan fingerprint density at radius 2 is 2.23 bits per heavy atom. The predicted octanol–water partition coefficient (Wildman–Crippen LogP) is 2.74. The van der Waals surface area contributed by atoms with Gasteiger partial charge in [0.05, 0.1) is 20.7 Å². The van der Waals surface area contributed by atoms with Gasteiger partial charge < -0.3 is 10.3 Å². The number of fused-ring (bicyclic) bond motifs is 1. The molecule has 13 heavy (non-hydrogen) atoms. The Bertz CT molecular complexity index is 424. The third-order valence-electron chi connectivity index (χ3n) is 2.03. The molecule has 1 atom stereocenters. The fourth-order valence-corrected chi connectivity index (χ4v) is 1.81. The minimum absolute atomic E-state index is 0.424. The molecular weight excluding hydrogens is 186 g/mol. The van der Waals surface area contributed by atoms with Crippen molar-refractivity contribution >= 4 is 25.5 Å². The van der Waals surface area contributed by atoms with Gasteiger partial charge in [0, 0.05) is 11.9 Å². The number of nitrogen functional groups attached to an aromatic ring is 1. The minimum atomic E-state index is -0.566. The van der Waals surface area contributed by atoms with Crippen LogP contribution < -0.4 is 5.73 Å². The number of hydrogen-bond acceptors (Lipinski definition) is 1. The highest BCUT2D eigenvalue weighted by Crippen LogP contribution is 2.23. The van der Waals surface area contributed by atoms with Gasteiger partial charge in [-0.25, -0.2) is 4.20 Å². The topological polar surface area (TPSA) is 30.9 Å². The van der Waals surface area contributed by atoms with Crippen molar-refractivity contribution in [3.05, 3.63) is 30.5 Å². The number of benzene rings is 1. The first-order chi connectivity index (χ1) is 6.31. The van der Waals surface area contributed by atoms with Crippen LogP contribution in [-0.2, 0) is 6.29 Å². The predicted molar refractivity (Wildman–Crippen MR) is 55.8 cm³/mol. The molecular formula is C9H10FN2P. The quantitative estimate of drug-likeness (QED) is 0.581. The van der Waals surface area contributed by atoms with Crippen molar-refractivity contribution in [2.75, 3.05) is 5.73 Å². The fourth-order valence-electron chi connectivity index (χ4n) is 1.40. The molecule has 2 N–H and O–H groups in total. The molecule has 0 aliphatic heterocycles. The van der Waals surface area contributed by atoms with E-state index in [-0.39, 0.29) is 0 Å². The van der Waals surface area contributed by atoms with Gasteiger partial charge in [0.25, 0.3) is 0 Å². The molecule has 0 aliphatic rings. The lowest BCUT2D eigenvalue weighted by molar-refractivity contribution is 0.849. The van der Waals surface area contributed by atoms with Crippen LogP contribution in [0.25, 0.3) is 10.9 Å². The standard InChI is InChI=1S/C9H10FN2P/c10-13-6-12-4-3-7-1-2-8(11)5-9(7)12/h1-5,13H,6,11H2. The van der Waals surface area contributed by atoms with Gasteiger partial charge in [-0.1, -0.05) is 6.07 Å². The van der Waals surface area contributed by atoms with Crippen LogP contribution in [0.15, 0.2) is 30.5 Å². The Labute approximate surface area is 77.4 Å². The third kappa shape index (κ3) is 1.52. The van der Waals surface area contributed by atoms with Crippen molar-refractivity contribution in [3.8, 4) is 0 Å². The summed E-state index contributed by atoms with van der Waals surface area (Å²) in [6, 6.07) is 7.64. The molecule has 0 spiro atoms. The molecule has 2 aromatic rings. The van der Waals surface area contributed by atoms with Crippen LogP contribution in [0.3, 0.4) is 0 Å². The second kappa shape index (κ2) is 3.35. The Hall–Kier alpha value is -1.08. The summed E-state index contributed by atoms with van der Waals surface area (Å²) in [7, 11) is -0.566. The largest absolute Gasteiger partial charge is 0.399 e. The van der Waals surface area contributed by atoms with Crippen molar-refractivity contribution in [2.45, 2.75) is 6.29 Å². The fraction of sp³-hybridized carbons (Fsp3) is 0.111. The molecule has 1 unspecified atom stereocenters. The zero-order chi connectivity index (χ0) is 9.26. The van der Waals surface area contributed by atoms with Gasteiger partial charge in [-0.2, -0.15) is 0 Å². The Morgan fingerprint density at radius 1 is 1.38 bits per heavy atom. The maximum atomic E-state index is 12.2. The zero-order valence-electron chi connectivity index (χ0n) is 7.00. The Balaban J connectivity index is 2.58. The Kier molecular flexibility index (Phi) is 2.19. The summed E-state index contributed by atoms with van der Waals surface area (Å²) in [4.78, 5) is 0. The molecule has 68 valence electrons. The second-order valence-corrected chi connectivity index (χ2v) is 3.48. The van der Waals surface area contributed by atoms with Crippen molar-refractivity contribution in [1.29, 1.82) is 0 Å². The molecule has 1 aromatic heterocycles. The summed E-state index contributed by atoms with van der Waals surface area (Å²) < 4.78 is 14.0. The first kappa shape index (κ1) is 8.52. The number of nitrogens with zero attached hydrogens (tertiary/aromatic N) is 1. The van der Waals surface area contributed by atoms with E-state index >= 15 is 0 Å². The van der Waals surface area contributed by atoms with Gasteiger partial charge in [0.2, 0.25) is 0 Å². The maximum absolute atomic E-state index is 12.2. The van der Waals surface area contributed by atoms with Crippen molar-refractivity contribution < 1.29 is 4.20 Å². The van der Waals surface area contributed by atoms with E-state index < -0.39 is 8.89 Å². The van der Waals surface area contributed by atoms with E-state index in [1.165, 1.54) is 0 Å². The summed E-state index contributed by atoms with van der Waals surface area (Å²) >= 11 is 0. The lowest BCUT2D eigenvalue weighted by Gasteiger charge is -2.01. The maximum Gasteiger partial charge on any atom is 0.0873 e. The molecule has 1 heterocycles. The smallest absolute Gasteiger partial charge is 0.0873 e. The number of halogens is 1. The SMILES string of the molecule is Nc1ccc2ccn(CPF)c2c1. The average molecular weight is 196 g/mol. The molecule has 4 heteroatoms. The molecule has 1 aromatic carbocycles. The number of rotatable bonds is 2. The van der Waals surface area contributed by atoms with E-state index in [2.05, 4.69) is 0 Å². The molecule has 2 rings (SSSR count). The first-order valence-electron chi connectivity index (χ1n) is 3.99. The van der Waals surface area contributed by atoms with Gasteiger partial charge >= 0.3 is 0 Å². The Morgan fingerprint density at radius 3 is 3.00 bits per heavy atom. The average Bonchev–Trinajstić information content (AvgIpc) is 2.49. The highest BCUT2D eigenvalue weighted by molar-refractivity contribution is 7.30. The summed E-state index contributed by atoms with van der Waals surface area (Å²) in [5.41, 5.74) is 7.37. The van der Waals surface area contributed by atoms with E-state index in [0.29, 0.717) is 6.29 Å². The first-order valence-corrected chi connectivity index (χ1v) is 5.07. The van der Waals surface area contributed by atoms with Crippen LogP contribution in [0.4, 0.5) is 9.88 Å². The monoisotopic (exact) mass is 196 g/mol. The summed E-state index contributed by atoms with van der Waals surface area (Å²) in [6.07, 6.45) is 2.31. The van der Waals surface area contributed by atoms with Crippen LogP contribution in [0.5, 0.6) is 0 Å². The molecule has 0 aliphatic carbocycles. The van der Waals surface area contributed by atoms with E-state index in [1.807, 2.05) is 35.0 Å². The lowest BCUT2D eigenvalue weighted by Crippen LogP contribution is -1.90. The molecule has 0 amide bonds. The van der Waals surface area contributed by atoms with Crippen molar-refractivity contribution in [1.82, 2.24) is 4.57 Å².